The first-order valence-corrected chi connectivity index (χ1v) is 9.52. The Morgan fingerprint density at radius 2 is 2.04 bits per heavy atom. The van der Waals surface area contributed by atoms with Gasteiger partial charge in [-0.15, -0.1) is 0 Å². The molecule has 146 valence electrons. The van der Waals surface area contributed by atoms with Crippen LogP contribution in [0.15, 0.2) is 18.6 Å². The highest BCUT2D eigenvalue weighted by Crippen LogP contribution is 2.22. The van der Waals surface area contributed by atoms with Crippen LogP contribution in [0.25, 0.3) is 5.65 Å². The lowest BCUT2D eigenvalue weighted by Gasteiger charge is -2.33. The van der Waals surface area contributed by atoms with Crippen LogP contribution in [0, 0.1) is 0 Å². The summed E-state index contributed by atoms with van der Waals surface area (Å²) in [5.41, 5.74) is 1.97. The van der Waals surface area contributed by atoms with E-state index < -0.39 is 6.04 Å². The van der Waals surface area contributed by atoms with Gasteiger partial charge in [0.05, 0.1) is 13.3 Å². The first-order valence-electron chi connectivity index (χ1n) is 9.52. The number of fused-ring (bicyclic) bond motifs is 1. The molecule has 3 rings (SSSR count). The molecule has 0 bridgehead atoms. The largest absolute Gasteiger partial charge is 0.467 e. The van der Waals surface area contributed by atoms with E-state index in [-0.39, 0.29) is 11.9 Å². The lowest BCUT2D eigenvalue weighted by atomic mass is 10.0. The topological polar surface area (TPSA) is 80.0 Å². The number of ether oxygens (including phenoxy) is 1. The zero-order valence-corrected chi connectivity index (χ0v) is 16.2. The predicted octanol–water partition coefficient (Wildman–Crippen LogP) is 1.74. The Morgan fingerprint density at radius 1 is 1.26 bits per heavy atom. The maximum Gasteiger partial charge on any atom is 0.328 e. The summed E-state index contributed by atoms with van der Waals surface area (Å²) in [6, 6.07) is -0.534. The standard InChI is InChI=1S/C19H27N5O3/c1-4-22(5-2)12-14-10-20-17-15(11-21-24(17)13-14)18(25)23-9-7-6-8-16(23)19(26)27-3/h10-11,13,16H,4-9,12H2,1-3H3. The molecule has 2 aromatic rings. The summed E-state index contributed by atoms with van der Waals surface area (Å²) in [4.78, 5) is 33.5. The summed E-state index contributed by atoms with van der Waals surface area (Å²) in [5.74, 6) is -0.585. The Balaban J connectivity index is 1.85. The van der Waals surface area contributed by atoms with Crippen molar-refractivity contribution in [3.63, 3.8) is 0 Å². The van der Waals surface area contributed by atoms with Crippen molar-refractivity contribution >= 4 is 17.5 Å². The molecule has 8 nitrogen and oxygen atoms in total. The van der Waals surface area contributed by atoms with Gasteiger partial charge < -0.3 is 9.64 Å². The van der Waals surface area contributed by atoms with E-state index in [1.54, 1.807) is 15.6 Å². The summed E-state index contributed by atoms with van der Waals surface area (Å²) in [5, 5.41) is 4.32. The Kier molecular flexibility index (Phi) is 6.05. The Labute approximate surface area is 159 Å². The number of amides is 1. The number of aromatic nitrogens is 3. The van der Waals surface area contributed by atoms with E-state index in [2.05, 4.69) is 28.8 Å². The van der Waals surface area contributed by atoms with Gasteiger partial charge in [0.1, 0.15) is 11.6 Å². The fourth-order valence-corrected chi connectivity index (χ4v) is 3.56. The molecular weight excluding hydrogens is 346 g/mol. The Hall–Kier alpha value is -2.48. The highest BCUT2D eigenvalue weighted by atomic mass is 16.5. The molecule has 1 unspecified atom stereocenters. The monoisotopic (exact) mass is 373 g/mol. The minimum Gasteiger partial charge on any atom is -0.467 e. The van der Waals surface area contributed by atoms with E-state index in [0.717, 1.165) is 38.0 Å². The molecule has 1 saturated heterocycles. The minimum absolute atomic E-state index is 0.218. The van der Waals surface area contributed by atoms with E-state index >= 15 is 0 Å². The number of nitrogens with zero attached hydrogens (tertiary/aromatic N) is 5. The third kappa shape index (κ3) is 3.95. The first-order chi connectivity index (χ1) is 13.1. The SMILES string of the molecule is CCN(CC)Cc1cnc2c(C(=O)N3CCCCC3C(=O)OC)cnn2c1. The molecule has 1 aliphatic heterocycles. The van der Waals surface area contributed by atoms with Crippen molar-refractivity contribution in [1.29, 1.82) is 0 Å². The molecule has 0 N–H and O–H groups in total. The van der Waals surface area contributed by atoms with Gasteiger partial charge in [-0.1, -0.05) is 13.8 Å². The van der Waals surface area contributed by atoms with E-state index in [1.165, 1.54) is 13.3 Å². The van der Waals surface area contributed by atoms with E-state index in [4.69, 9.17) is 4.74 Å². The zero-order chi connectivity index (χ0) is 19.4. The average Bonchev–Trinajstić information content (AvgIpc) is 3.14. The molecule has 1 amide bonds. The van der Waals surface area contributed by atoms with Crippen LogP contribution in [0.1, 0.15) is 49.0 Å². The number of hydrogen-bond acceptors (Lipinski definition) is 6. The molecule has 0 radical (unpaired) electrons. The van der Waals surface area contributed by atoms with Crippen molar-refractivity contribution in [1.82, 2.24) is 24.4 Å². The van der Waals surface area contributed by atoms with Gasteiger partial charge in [0.15, 0.2) is 5.65 Å². The molecule has 1 fully saturated rings. The van der Waals surface area contributed by atoms with Gasteiger partial charge in [0.25, 0.3) is 5.91 Å². The molecule has 0 aromatic carbocycles. The van der Waals surface area contributed by atoms with Crippen LogP contribution in [0.4, 0.5) is 0 Å². The number of methoxy groups -OCH3 is 1. The van der Waals surface area contributed by atoms with Crippen molar-refractivity contribution in [3.05, 3.63) is 29.7 Å². The van der Waals surface area contributed by atoms with E-state index in [0.29, 0.717) is 24.2 Å². The van der Waals surface area contributed by atoms with Crippen LogP contribution in [0.3, 0.4) is 0 Å². The second-order valence-electron chi connectivity index (χ2n) is 6.78. The number of carbonyl (C=O) groups is 2. The van der Waals surface area contributed by atoms with E-state index in [9.17, 15) is 9.59 Å². The third-order valence-electron chi connectivity index (χ3n) is 5.18. The van der Waals surface area contributed by atoms with Gasteiger partial charge in [0, 0.05) is 31.0 Å². The van der Waals surface area contributed by atoms with E-state index in [1.807, 2.05) is 6.20 Å². The summed E-state index contributed by atoms with van der Waals surface area (Å²) in [6.07, 6.45) is 7.64. The summed E-state index contributed by atoms with van der Waals surface area (Å²) >= 11 is 0. The molecule has 2 aromatic heterocycles. The highest BCUT2D eigenvalue weighted by molar-refractivity contribution is 6.01. The van der Waals surface area contributed by atoms with Gasteiger partial charge in [-0.05, 0) is 32.4 Å². The third-order valence-corrected chi connectivity index (χ3v) is 5.18. The molecule has 0 saturated carbocycles. The molecule has 27 heavy (non-hydrogen) atoms. The normalized spacial score (nSPS) is 17.5. The number of rotatable bonds is 6. The molecule has 1 atom stereocenters. The van der Waals surface area contributed by atoms with Crippen LogP contribution in [-0.2, 0) is 16.1 Å². The quantitative estimate of drug-likeness (QED) is 0.718. The van der Waals surface area contributed by atoms with Crippen molar-refractivity contribution in [2.45, 2.75) is 45.7 Å². The summed E-state index contributed by atoms with van der Waals surface area (Å²) in [7, 11) is 1.36. The lowest BCUT2D eigenvalue weighted by molar-refractivity contribution is -0.147. The molecule has 0 aliphatic carbocycles. The molecule has 0 spiro atoms. The van der Waals surface area contributed by atoms with Crippen molar-refractivity contribution in [3.8, 4) is 0 Å². The van der Waals surface area contributed by atoms with Gasteiger partial charge in [-0.25, -0.2) is 14.3 Å². The van der Waals surface area contributed by atoms with Crippen LogP contribution >= 0.6 is 0 Å². The Bertz CT molecular complexity index is 815. The number of hydrogen-bond donors (Lipinski definition) is 0. The number of esters is 1. The minimum atomic E-state index is -0.534. The molecular formula is C19H27N5O3. The number of piperidine rings is 1. The smallest absolute Gasteiger partial charge is 0.328 e. The highest BCUT2D eigenvalue weighted by Gasteiger charge is 2.34. The van der Waals surface area contributed by atoms with Gasteiger partial charge in [-0.2, -0.15) is 5.10 Å². The Morgan fingerprint density at radius 3 is 2.74 bits per heavy atom. The lowest BCUT2D eigenvalue weighted by Crippen LogP contribution is -2.48. The average molecular weight is 373 g/mol. The van der Waals surface area contributed by atoms with Crippen LogP contribution < -0.4 is 0 Å². The summed E-state index contributed by atoms with van der Waals surface area (Å²) < 4.78 is 6.52. The molecule has 1 aliphatic rings. The predicted molar refractivity (Wildman–Crippen MR) is 100 cm³/mol. The molecule has 8 heteroatoms. The van der Waals surface area contributed by atoms with Gasteiger partial charge in [0.2, 0.25) is 0 Å². The maximum atomic E-state index is 13.1. The fourth-order valence-electron chi connectivity index (χ4n) is 3.56. The van der Waals surface area contributed by atoms with Crippen molar-refractivity contribution < 1.29 is 14.3 Å². The maximum absolute atomic E-state index is 13.1. The number of carbonyl (C=O) groups excluding carboxylic acids is 2. The molecule has 3 heterocycles. The number of likely N-dealkylation sites (tertiary alicyclic amines) is 1. The second-order valence-corrected chi connectivity index (χ2v) is 6.78. The summed E-state index contributed by atoms with van der Waals surface area (Å²) in [6.45, 7) is 7.49. The van der Waals surface area contributed by atoms with Gasteiger partial charge in [-0.3, -0.25) is 9.69 Å². The van der Waals surface area contributed by atoms with Gasteiger partial charge >= 0.3 is 5.97 Å². The van der Waals surface area contributed by atoms with Crippen LogP contribution in [0.2, 0.25) is 0 Å². The first kappa shape index (κ1) is 19.3. The van der Waals surface area contributed by atoms with Crippen LogP contribution in [-0.4, -0.2) is 69.1 Å². The fraction of sp³-hybridized carbons (Fsp3) is 0.579. The zero-order valence-electron chi connectivity index (χ0n) is 16.2. The van der Waals surface area contributed by atoms with Crippen LogP contribution in [0.5, 0.6) is 0 Å². The van der Waals surface area contributed by atoms with Crippen molar-refractivity contribution in [2.24, 2.45) is 0 Å². The second kappa shape index (κ2) is 8.47. The van der Waals surface area contributed by atoms with Crippen molar-refractivity contribution in [2.75, 3.05) is 26.7 Å².